The van der Waals surface area contributed by atoms with Gasteiger partial charge in [0, 0.05) is 12.5 Å². The highest BCUT2D eigenvalue weighted by Gasteiger charge is 2.35. The summed E-state index contributed by atoms with van der Waals surface area (Å²) in [5.74, 6) is 0.528. The maximum atomic E-state index is 12.3. The minimum absolute atomic E-state index is 0.0661. The predicted molar refractivity (Wildman–Crippen MR) is 69.6 cm³/mol. The van der Waals surface area contributed by atoms with Crippen molar-refractivity contribution in [2.45, 2.75) is 69.7 Å². The lowest BCUT2D eigenvalue weighted by Gasteiger charge is -2.30. The Morgan fingerprint density at radius 1 is 1.06 bits per heavy atom. The quantitative estimate of drug-likeness (QED) is 0.742. The average molecular weight is 238 g/mol. The van der Waals surface area contributed by atoms with E-state index in [-0.39, 0.29) is 17.4 Å². The fourth-order valence-corrected chi connectivity index (χ4v) is 3.34. The number of amides is 1. The van der Waals surface area contributed by atoms with Crippen molar-refractivity contribution in [2.75, 3.05) is 6.54 Å². The third kappa shape index (κ3) is 3.21. The van der Waals surface area contributed by atoms with Gasteiger partial charge in [-0.3, -0.25) is 4.79 Å². The second-order valence-corrected chi connectivity index (χ2v) is 5.87. The Morgan fingerprint density at radius 3 is 2.18 bits per heavy atom. The van der Waals surface area contributed by atoms with Crippen molar-refractivity contribution in [2.24, 2.45) is 11.7 Å². The third-order valence-corrected chi connectivity index (χ3v) is 4.57. The molecule has 1 amide bonds. The van der Waals surface area contributed by atoms with Crippen molar-refractivity contribution in [3.63, 3.8) is 0 Å². The van der Waals surface area contributed by atoms with Crippen LogP contribution in [0, 0.1) is 5.92 Å². The van der Waals surface area contributed by atoms with E-state index in [1.54, 1.807) is 0 Å². The minimum Gasteiger partial charge on any atom is -0.349 e. The molecular formula is C14H26N2O. The summed E-state index contributed by atoms with van der Waals surface area (Å²) < 4.78 is 0. The van der Waals surface area contributed by atoms with Gasteiger partial charge < -0.3 is 11.1 Å². The lowest BCUT2D eigenvalue weighted by Crippen LogP contribution is -2.53. The van der Waals surface area contributed by atoms with Gasteiger partial charge in [-0.1, -0.05) is 38.5 Å². The molecule has 98 valence electrons. The fourth-order valence-electron chi connectivity index (χ4n) is 3.34. The summed E-state index contributed by atoms with van der Waals surface area (Å²) in [5, 5.41) is 3.28. The number of rotatable bonds is 3. The molecule has 2 aliphatic carbocycles. The number of carbonyl (C=O) groups excluding carboxylic acids is 1. The van der Waals surface area contributed by atoms with Gasteiger partial charge in [0.1, 0.15) is 0 Å². The largest absolute Gasteiger partial charge is 0.349 e. The van der Waals surface area contributed by atoms with Gasteiger partial charge in [0.2, 0.25) is 5.91 Å². The lowest BCUT2D eigenvalue weighted by molar-refractivity contribution is -0.127. The normalized spacial score (nSPS) is 25.5. The molecule has 0 aromatic heterocycles. The molecule has 2 fully saturated rings. The van der Waals surface area contributed by atoms with Gasteiger partial charge >= 0.3 is 0 Å². The molecule has 0 atom stereocenters. The van der Waals surface area contributed by atoms with Gasteiger partial charge in [-0.2, -0.15) is 0 Å². The summed E-state index contributed by atoms with van der Waals surface area (Å²) in [5.41, 5.74) is 5.80. The van der Waals surface area contributed by atoms with Crippen LogP contribution in [-0.4, -0.2) is 18.0 Å². The van der Waals surface area contributed by atoms with Crippen molar-refractivity contribution in [1.82, 2.24) is 5.32 Å². The van der Waals surface area contributed by atoms with Crippen LogP contribution in [0.1, 0.15) is 64.2 Å². The van der Waals surface area contributed by atoms with Gasteiger partial charge in [-0.25, -0.2) is 0 Å². The molecule has 17 heavy (non-hydrogen) atoms. The first kappa shape index (κ1) is 12.9. The van der Waals surface area contributed by atoms with E-state index in [2.05, 4.69) is 5.32 Å². The van der Waals surface area contributed by atoms with Crippen molar-refractivity contribution < 1.29 is 4.79 Å². The summed E-state index contributed by atoms with van der Waals surface area (Å²) in [4.78, 5) is 12.3. The Labute approximate surface area is 105 Å². The Morgan fingerprint density at radius 2 is 1.65 bits per heavy atom. The van der Waals surface area contributed by atoms with Crippen LogP contribution >= 0.6 is 0 Å². The molecule has 0 unspecified atom stereocenters. The Kier molecular flexibility index (Phi) is 4.43. The highest BCUT2D eigenvalue weighted by Crippen LogP contribution is 2.30. The first-order valence-corrected chi connectivity index (χ1v) is 7.28. The summed E-state index contributed by atoms with van der Waals surface area (Å²) in [6.07, 6.45) is 11.7. The van der Waals surface area contributed by atoms with E-state index < -0.39 is 0 Å². The monoisotopic (exact) mass is 238 g/mol. The van der Waals surface area contributed by atoms with E-state index >= 15 is 0 Å². The molecule has 0 heterocycles. The van der Waals surface area contributed by atoms with Crippen molar-refractivity contribution in [1.29, 1.82) is 0 Å². The van der Waals surface area contributed by atoms with Gasteiger partial charge in [0.25, 0.3) is 0 Å². The molecule has 3 nitrogen and oxygen atoms in total. The SMILES string of the molecule is NCC1(NC(=O)C2CCCCCC2)CCCC1. The number of hydrogen-bond acceptors (Lipinski definition) is 2. The lowest BCUT2D eigenvalue weighted by atomic mass is 9.93. The minimum atomic E-state index is -0.0661. The summed E-state index contributed by atoms with van der Waals surface area (Å²) in [6.45, 7) is 0.603. The average Bonchev–Trinajstić information content (AvgIpc) is 2.64. The molecule has 2 aliphatic rings. The topological polar surface area (TPSA) is 55.1 Å². The zero-order valence-electron chi connectivity index (χ0n) is 10.8. The zero-order chi connectivity index (χ0) is 12.1. The van der Waals surface area contributed by atoms with Crippen LogP contribution in [0.3, 0.4) is 0 Å². The Balaban J connectivity index is 1.90. The van der Waals surface area contributed by atoms with Crippen LogP contribution in [0.5, 0.6) is 0 Å². The highest BCUT2D eigenvalue weighted by atomic mass is 16.2. The molecule has 0 saturated heterocycles. The molecule has 0 spiro atoms. The molecule has 3 N–H and O–H groups in total. The van der Waals surface area contributed by atoms with Gasteiger partial charge in [-0.05, 0) is 25.7 Å². The van der Waals surface area contributed by atoms with Crippen molar-refractivity contribution in [3.8, 4) is 0 Å². The molecule has 0 bridgehead atoms. The summed E-state index contributed by atoms with van der Waals surface area (Å²) in [6, 6.07) is 0. The van der Waals surface area contributed by atoms with Crippen LogP contribution in [0.4, 0.5) is 0 Å². The molecule has 3 heteroatoms. The van der Waals surface area contributed by atoms with Crippen molar-refractivity contribution in [3.05, 3.63) is 0 Å². The van der Waals surface area contributed by atoms with E-state index in [4.69, 9.17) is 5.73 Å². The number of carbonyl (C=O) groups is 1. The Bertz CT molecular complexity index is 251. The van der Waals surface area contributed by atoms with E-state index in [1.165, 1.54) is 38.5 Å². The van der Waals surface area contributed by atoms with E-state index in [9.17, 15) is 4.79 Å². The predicted octanol–water partition coefficient (Wildman–Crippen LogP) is 2.34. The van der Waals surface area contributed by atoms with Crippen LogP contribution < -0.4 is 11.1 Å². The highest BCUT2D eigenvalue weighted by molar-refractivity contribution is 5.79. The second kappa shape index (κ2) is 5.85. The molecule has 0 aromatic carbocycles. The second-order valence-electron chi connectivity index (χ2n) is 5.87. The molecule has 0 aliphatic heterocycles. The first-order chi connectivity index (χ1) is 8.26. The van der Waals surface area contributed by atoms with Gasteiger partial charge in [0.15, 0.2) is 0 Å². The van der Waals surface area contributed by atoms with Crippen LogP contribution in [0.25, 0.3) is 0 Å². The summed E-state index contributed by atoms with van der Waals surface area (Å²) >= 11 is 0. The maximum absolute atomic E-state index is 12.3. The standard InChI is InChI=1S/C14H26N2O/c15-11-14(9-5-6-10-14)16-13(17)12-7-3-1-2-4-8-12/h12H,1-11,15H2,(H,16,17). The molecule has 2 rings (SSSR count). The van der Waals surface area contributed by atoms with Crippen LogP contribution in [-0.2, 0) is 4.79 Å². The molecule has 2 saturated carbocycles. The smallest absolute Gasteiger partial charge is 0.223 e. The van der Waals surface area contributed by atoms with Crippen LogP contribution in [0.15, 0.2) is 0 Å². The van der Waals surface area contributed by atoms with Crippen LogP contribution in [0.2, 0.25) is 0 Å². The molecular weight excluding hydrogens is 212 g/mol. The van der Waals surface area contributed by atoms with E-state index in [0.717, 1.165) is 25.7 Å². The zero-order valence-corrected chi connectivity index (χ0v) is 10.8. The molecule has 0 aromatic rings. The Hall–Kier alpha value is -0.570. The summed E-state index contributed by atoms with van der Waals surface area (Å²) in [7, 11) is 0. The van der Waals surface area contributed by atoms with E-state index in [1.807, 2.05) is 0 Å². The maximum Gasteiger partial charge on any atom is 0.223 e. The molecule has 0 radical (unpaired) electrons. The number of nitrogens with one attached hydrogen (secondary N) is 1. The number of hydrogen-bond donors (Lipinski definition) is 2. The fraction of sp³-hybridized carbons (Fsp3) is 0.929. The van der Waals surface area contributed by atoms with Gasteiger partial charge in [-0.15, -0.1) is 0 Å². The third-order valence-electron chi connectivity index (χ3n) is 4.57. The van der Waals surface area contributed by atoms with Gasteiger partial charge in [0.05, 0.1) is 5.54 Å². The number of nitrogens with two attached hydrogens (primary N) is 1. The van der Waals surface area contributed by atoms with E-state index in [0.29, 0.717) is 6.54 Å². The van der Waals surface area contributed by atoms with Crippen molar-refractivity contribution >= 4 is 5.91 Å². The first-order valence-electron chi connectivity index (χ1n) is 7.28.